The van der Waals surface area contributed by atoms with E-state index in [-0.39, 0.29) is 11.7 Å². The molecule has 0 aliphatic carbocycles. The Morgan fingerprint density at radius 3 is 2.89 bits per heavy atom. The van der Waals surface area contributed by atoms with E-state index in [4.69, 9.17) is 5.11 Å². The van der Waals surface area contributed by atoms with Crippen molar-refractivity contribution in [2.24, 2.45) is 0 Å². The number of nitrogens with zero attached hydrogens (tertiary/aromatic N) is 4. The summed E-state index contributed by atoms with van der Waals surface area (Å²) in [6.07, 6.45) is 1.51. The van der Waals surface area contributed by atoms with Crippen molar-refractivity contribution >= 4 is 21.9 Å². The molecule has 0 aromatic carbocycles. The molecule has 0 spiro atoms. The van der Waals surface area contributed by atoms with Crippen LogP contribution in [0.15, 0.2) is 10.7 Å². The molecule has 2 rings (SSSR count). The minimum Gasteiger partial charge on any atom is -0.476 e. The quantitative estimate of drug-likeness (QED) is 0.873. The van der Waals surface area contributed by atoms with Crippen LogP contribution in [0, 0.1) is 0 Å². The first-order valence-electron chi connectivity index (χ1n) is 5.63. The zero-order chi connectivity index (χ0) is 13.3. The van der Waals surface area contributed by atoms with Gasteiger partial charge in [0.15, 0.2) is 5.69 Å². The van der Waals surface area contributed by atoms with E-state index >= 15 is 0 Å². The SMILES string of the molecule is CN1CCN(C)C(c2ncc(Br)c(C(=O)O)n2)C1. The minimum absolute atomic E-state index is 0.0154. The lowest BCUT2D eigenvalue weighted by Gasteiger charge is -2.36. The molecule has 1 atom stereocenters. The average Bonchev–Trinajstić information content (AvgIpc) is 2.33. The van der Waals surface area contributed by atoms with Crippen molar-refractivity contribution in [3.05, 3.63) is 22.2 Å². The number of carbonyl (C=O) groups is 1. The second-order valence-electron chi connectivity index (χ2n) is 4.49. The second-order valence-corrected chi connectivity index (χ2v) is 5.34. The van der Waals surface area contributed by atoms with Crippen molar-refractivity contribution < 1.29 is 9.90 Å². The Balaban J connectivity index is 2.32. The zero-order valence-corrected chi connectivity index (χ0v) is 11.9. The summed E-state index contributed by atoms with van der Waals surface area (Å²) in [5, 5.41) is 9.06. The van der Waals surface area contributed by atoms with Gasteiger partial charge in [0.2, 0.25) is 0 Å². The van der Waals surface area contributed by atoms with Gasteiger partial charge in [0.25, 0.3) is 0 Å². The maximum Gasteiger partial charge on any atom is 0.355 e. The molecule has 0 radical (unpaired) electrons. The molecule has 1 aliphatic rings. The lowest BCUT2D eigenvalue weighted by atomic mass is 10.1. The monoisotopic (exact) mass is 314 g/mol. The molecule has 1 aliphatic heterocycles. The van der Waals surface area contributed by atoms with Crippen LogP contribution in [0.4, 0.5) is 0 Å². The van der Waals surface area contributed by atoms with Crippen molar-refractivity contribution in [1.82, 2.24) is 19.8 Å². The Morgan fingerprint density at radius 1 is 1.50 bits per heavy atom. The van der Waals surface area contributed by atoms with Gasteiger partial charge in [-0.05, 0) is 30.0 Å². The number of halogens is 1. The van der Waals surface area contributed by atoms with Crippen LogP contribution >= 0.6 is 15.9 Å². The number of aromatic nitrogens is 2. The second kappa shape index (κ2) is 5.29. The van der Waals surface area contributed by atoms with Gasteiger partial charge in [0.1, 0.15) is 5.82 Å². The maximum absolute atomic E-state index is 11.1. The topological polar surface area (TPSA) is 69.6 Å². The van der Waals surface area contributed by atoms with Crippen LogP contribution in [0.2, 0.25) is 0 Å². The Kier molecular flexibility index (Phi) is 3.94. The Hall–Kier alpha value is -1.05. The molecule has 1 unspecified atom stereocenters. The highest BCUT2D eigenvalue weighted by Gasteiger charge is 2.27. The number of piperazine rings is 1. The highest BCUT2D eigenvalue weighted by molar-refractivity contribution is 9.10. The molecule has 18 heavy (non-hydrogen) atoms. The lowest BCUT2D eigenvalue weighted by Crippen LogP contribution is -2.45. The van der Waals surface area contributed by atoms with E-state index in [1.165, 1.54) is 6.20 Å². The highest BCUT2D eigenvalue weighted by Crippen LogP contribution is 2.22. The first-order chi connectivity index (χ1) is 8.49. The van der Waals surface area contributed by atoms with Crippen LogP contribution in [0.5, 0.6) is 0 Å². The van der Waals surface area contributed by atoms with Crippen LogP contribution in [-0.4, -0.2) is 64.6 Å². The molecule has 0 amide bonds. The van der Waals surface area contributed by atoms with E-state index < -0.39 is 5.97 Å². The van der Waals surface area contributed by atoms with Crippen molar-refractivity contribution in [3.8, 4) is 0 Å². The largest absolute Gasteiger partial charge is 0.476 e. The standard InChI is InChI=1S/C11H15BrN4O2/c1-15-3-4-16(2)8(6-15)10-13-5-7(12)9(14-10)11(17)18/h5,8H,3-4,6H2,1-2H3,(H,17,18). The number of aromatic carboxylic acids is 1. The van der Waals surface area contributed by atoms with Gasteiger partial charge in [-0.2, -0.15) is 0 Å². The zero-order valence-electron chi connectivity index (χ0n) is 10.3. The van der Waals surface area contributed by atoms with Gasteiger partial charge in [0, 0.05) is 25.8 Å². The normalized spacial score (nSPS) is 22.1. The summed E-state index contributed by atoms with van der Waals surface area (Å²) in [7, 11) is 4.04. The number of likely N-dealkylation sites (N-methyl/N-ethyl adjacent to an activating group) is 2. The van der Waals surface area contributed by atoms with Gasteiger partial charge < -0.3 is 10.0 Å². The van der Waals surface area contributed by atoms with Crippen LogP contribution in [0.3, 0.4) is 0 Å². The first kappa shape index (κ1) is 13.4. The van der Waals surface area contributed by atoms with Crippen LogP contribution in [0.1, 0.15) is 22.4 Å². The van der Waals surface area contributed by atoms with Gasteiger partial charge in [-0.1, -0.05) is 0 Å². The minimum atomic E-state index is -1.04. The number of hydrogen-bond acceptors (Lipinski definition) is 5. The van der Waals surface area contributed by atoms with Crippen LogP contribution in [0.25, 0.3) is 0 Å². The fraction of sp³-hybridized carbons (Fsp3) is 0.545. The smallest absolute Gasteiger partial charge is 0.355 e. The predicted molar refractivity (Wildman–Crippen MR) is 69.6 cm³/mol. The van der Waals surface area contributed by atoms with E-state index in [9.17, 15) is 4.79 Å². The Morgan fingerprint density at radius 2 is 2.22 bits per heavy atom. The third-order valence-electron chi connectivity index (χ3n) is 3.11. The summed E-state index contributed by atoms with van der Waals surface area (Å²) in [5.74, 6) is -0.484. The number of carboxylic acid groups (broad SMARTS) is 1. The fourth-order valence-electron chi connectivity index (χ4n) is 1.98. The molecule has 0 bridgehead atoms. The van der Waals surface area contributed by atoms with Gasteiger partial charge in [-0.3, -0.25) is 4.90 Å². The molecule has 1 fully saturated rings. The molecule has 1 N–H and O–H groups in total. The molecule has 6 nitrogen and oxygen atoms in total. The summed E-state index contributed by atoms with van der Waals surface area (Å²) < 4.78 is 0.408. The third-order valence-corrected chi connectivity index (χ3v) is 3.69. The van der Waals surface area contributed by atoms with E-state index in [1.807, 2.05) is 14.1 Å². The molecular weight excluding hydrogens is 300 g/mol. The fourth-order valence-corrected chi connectivity index (χ4v) is 2.34. The molecule has 1 aromatic heterocycles. The van der Waals surface area contributed by atoms with E-state index in [1.54, 1.807) is 0 Å². The van der Waals surface area contributed by atoms with E-state index in [2.05, 4.69) is 35.7 Å². The van der Waals surface area contributed by atoms with Gasteiger partial charge in [-0.15, -0.1) is 0 Å². The van der Waals surface area contributed by atoms with Crippen molar-refractivity contribution in [3.63, 3.8) is 0 Å². The first-order valence-corrected chi connectivity index (χ1v) is 6.43. The Bertz CT molecular complexity index is 468. The summed E-state index contributed by atoms with van der Waals surface area (Å²) in [6, 6.07) is 0.0370. The number of hydrogen-bond donors (Lipinski definition) is 1. The molecule has 2 heterocycles. The maximum atomic E-state index is 11.1. The van der Waals surface area contributed by atoms with Crippen LogP contribution < -0.4 is 0 Å². The summed E-state index contributed by atoms with van der Waals surface area (Å²) in [4.78, 5) is 23.8. The third kappa shape index (κ3) is 2.68. The molecule has 7 heteroatoms. The molecule has 1 aromatic rings. The number of carboxylic acids is 1. The average molecular weight is 315 g/mol. The van der Waals surface area contributed by atoms with Gasteiger partial charge in [0.05, 0.1) is 10.5 Å². The Labute approximate surface area is 114 Å². The molecule has 1 saturated heterocycles. The molecular formula is C11H15BrN4O2. The molecule has 98 valence electrons. The van der Waals surface area contributed by atoms with Gasteiger partial charge >= 0.3 is 5.97 Å². The summed E-state index contributed by atoms with van der Waals surface area (Å²) >= 11 is 3.15. The summed E-state index contributed by atoms with van der Waals surface area (Å²) in [5.41, 5.74) is 0.0154. The van der Waals surface area contributed by atoms with Crippen LogP contribution in [-0.2, 0) is 0 Å². The summed E-state index contributed by atoms with van der Waals surface area (Å²) in [6.45, 7) is 2.72. The van der Waals surface area contributed by atoms with Crippen molar-refractivity contribution in [1.29, 1.82) is 0 Å². The highest BCUT2D eigenvalue weighted by atomic mass is 79.9. The van der Waals surface area contributed by atoms with Gasteiger partial charge in [-0.25, -0.2) is 14.8 Å². The van der Waals surface area contributed by atoms with E-state index in [0.717, 1.165) is 19.6 Å². The molecule has 0 saturated carbocycles. The predicted octanol–water partition coefficient (Wildman–Crippen LogP) is 0.856. The number of rotatable bonds is 2. The lowest BCUT2D eigenvalue weighted by molar-refractivity contribution is 0.0686. The van der Waals surface area contributed by atoms with E-state index in [0.29, 0.717) is 10.3 Å². The van der Waals surface area contributed by atoms with Crippen molar-refractivity contribution in [2.45, 2.75) is 6.04 Å². The van der Waals surface area contributed by atoms with Crippen molar-refractivity contribution in [2.75, 3.05) is 33.7 Å².